The lowest BCUT2D eigenvalue weighted by atomic mass is 9.86. The molecule has 1 spiro atoms. The number of likely N-dealkylation sites (tertiary alicyclic amines) is 1. The fraction of sp³-hybridized carbons (Fsp3) is 0.421. The van der Waals surface area contributed by atoms with E-state index >= 15 is 0 Å². The predicted molar refractivity (Wildman–Crippen MR) is 90.6 cm³/mol. The normalized spacial score (nSPS) is 25.4. The van der Waals surface area contributed by atoms with Gasteiger partial charge in [-0.3, -0.25) is 9.69 Å². The Kier molecular flexibility index (Phi) is 3.28. The van der Waals surface area contributed by atoms with E-state index in [1.54, 1.807) is 6.26 Å². The van der Waals surface area contributed by atoms with Crippen LogP contribution in [0.15, 0.2) is 41.0 Å². The van der Waals surface area contributed by atoms with E-state index in [0.29, 0.717) is 6.42 Å². The molecule has 5 rings (SSSR count). The predicted octanol–water partition coefficient (Wildman–Crippen LogP) is 2.64. The highest BCUT2D eigenvalue weighted by Gasteiger charge is 2.47. The first kappa shape index (κ1) is 14.8. The van der Waals surface area contributed by atoms with Gasteiger partial charge in [-0.05, 0) is 37.2 Å². The van der Waals surface area contributed by atoms with Gasteiger partial charge < -0.3 is 18.8 Å². The zero-order valence-electron chi connectivity index (χ0n) is 13.9. The van der Waals surface area contributed by atoms with Gasteiger partial charge in [0.25, 0.3) is 0 Å². The summed E-state index contributed by atoms with van der Waals surface area (Å²) in [6.07, 6.45) is 3.36. The van der Waals surface area contributed by atoms with Crippen molar-refractivity contribution in [2.45, 2.75) is 19.4 Å². The Morgan fingerprint density at radius 3 is 2.92 bits per heavy atom. The third-order valence-corrected chi connectivity index (χ3v) is 5.47. The van der Waals surface area contributed by atoms with Crippen molar-refractivity contribution in [1.29, 1.82) is 0 Å². The molecule has 4 heterocycles. The standard InChI is InChI=1S/C19H20N2O4/c22-18-9-19(5-6-20(11-19)10-15-2-1-7-23-15)12-21(18)14-3-4-16-17(8-14)25-13-24-16/h1-4,7-8H,5-6,9-13H2/t19-/m1/s1. The second-order valence-corrected chi connectivity index (χ2v) is 7.23. The molecule has 0 radical (unpaired) electrons. The van der Waals surface area contributed by atoms with Gasteiger partial charge in [-0.25, -0.2) is 0 Å². The van der Waals surface area contributed by atoms with Crippen LogP contribution >= 0.6 is 0 Å². The topological polar surface area (TPSA) is 55.2 Å². The lowest BCUT2D eigenvalue weighted by Crippen LogP contribution is -2.31. The fourth-order valence-corrected chi connectivity index (χ4v) is 4.24. The van der Waals surface area contributed by atoms with Crippen molar-refractivity contribution in [3.63, 3.8) is 0 Å². The molecule has 1 aromatic heterocycles. The first-order valence-corrected chi connectivity index (χ1v) is 8.66. The van der Waals surface area contributed by atoms with Gasteiger partial charge in [-0.1, -0.05) is 0 Å². The highest BCUT2D eigenvalue weighted by atomic mass is 16.7. The van der Waals surface area contributed by atoms with Crippen LogP contribution in [0.4, 0.5) is 5.69 Å². The van der Waals surface area contributed by atoms with Gasteiger partial charge in [-0.15, -0.1) is 0 Å². The van der Waals surface area contributed by atoms with Crippen molar-refractivity contribution in [2.75, 3.05) is 31.3 Å². The summed E-state index contributed by atoms with van der Waals surface area (Å²) < 4.78 is 16.3. The summed E-state index contributed by atoms with van der Waals surface area (Å²) in [6.45, 7) is 3.76. The molecule has 6 nitrogen and oxygen atoms in total. The average molecular weight is 340 g/mol. The summed E-state index contributed by atoms with van der Waals surface area (Å²) in [5, 5.41) is 0. The van der Waals surface area contributed by atoms with E-state index < -0.39 is 0 Å². The Balaban J connectivity index is 1.32. The van der Waals surface area contributed by atoms with Crippen LogP contribution in [0.5, 0.6) is 11.5 Å². The van der Waals surface area contributed by atoms with E-state index in [1.165, 1.54) is 0 Å². The molecular formula is C19H20N2O4. The third kappa shape index (κ3) is 2.57. The first-order chi connectivity index (χ1) is 12.2. The van der Waals surface area contributed by atoms with E-state index in [9.17, 15) is 4.79 Å². The molecule has 2 fully saturated rings. The minimum Gasteiger partial charge on any atom is -0.468 e. The smallest absolute Gasteiger partial charge is 0.231 e. The lowest BCUT2D eigenvalue weighted by Gasteiger charge is -2.24. The van der Waals surface area contributed by atoms with Crippen LogP contribution in [0, 0.1) is 5.41 Å². The number of benzene rings is 1. The second kappa shape index (κ2) is 5.52. The molecule has 6 heteroatoms. The van der Waals surface area contributed by atoms with Gasteiger partial charge in [-0.2, -0.15) is 0 Å². The maximum absolute atomic E-state index is 12.7. The summed E-state index contributed by atoms with van der Waals surface area (Å²) >= 11 is 0. The Hall–Kier alpha value is -2.47. The molecule has 3 aliphatic rings. The van der Waals surface area contributed by atoms with Crippen molar-refractivity contribution in [2.24, 2.45) is 5.41 Å². The minimum atomic E-state index is 0.0417. The van der Waals surface area contributed by atoms with Crippen LogP contribution in [0.2, 0.25) is 0 Å². The largest absolute Gasteiger partial charge is 0.468 e. The van der Waals surface area contributed by atoms with Gasteiger partial charge >= 0.3 is 0 Å². The SMILES string of the molecule is O=C1C[C@@]2(CCN(Cc3ccco3)C2)CN1c1ccc2c(c1)OCO2. The van der Waals surface area contributed by atoms with Gasteiger partial charge in [0, 0.05) is 36.7 Å². The molecule has 0 saturated carbocycles. The molecule has 3 aliphatic heterocycles. The number of amides is 1. The highest BCUT2D eigenvalue weighted by Crippen LogP contribution is 2.44. The quantitative estimate of drug-likeness (QED) is 0.860. The number of carbonyl (C=O) groups excluding carboxylic acids is 1. The maximum Gasteiger partial charge on any atom is 0.231 e. The van der Waals surface area contributed by atoms with Crippen LogP contribution < -0.4 is 14.4 Å². The molecule has 2 aromatic rings. The van der Waals surface area contributed by atoms with Crippen molar-refractivity contribution in [3.8, 4) is 11.5 Å². The highest BCUT2D eigenvalue weighted by molar-refractivity contribution is 5.96. The number of furan rings is 1. The van der Waals surface area contributed by atoms with Crippen molar-refractivity contribution >= 4 is 11.6 Å². The molecule has 130 valence electrons. The van der Waals surface area contributed by atoms with Gasteiger partial charge in [0.2, 0.25) is 12.7 Å². The Labute approximate surface area is 145 Å². The van der Waals surface area contributed by atoms with E-state index in [0.717, 1.165) is 55.5 Å². The molecule has 1 aromatic carbocycles. The van der Waals surface area contributed by atoms with E-state index in [4.69, 9.17) is 13.9 Å². The fourth-order valence-electron chi connectivity index (χ4n) is 4.24. The number of carbonyl (C=O) groups is 1. The number of hydrogen-bond acceptors (Lipinski definition) is 5. The average Bonchev–Trinajstić information content (AvgIpc) is 3.37. The number of ether oxygens (including phenoxy) is 2. The summed E-state index contributed by atoms with van der Waals surface area (Å²) in [5.74, 6) is 2.64. The zero-order valence-corrected chi connectivity index (χ0v) is 13.9. The van der Waals surface area contributed by atoms with Crippen molar-refractivity contribution in [1.82, 2.24) is 4.90 Å². The van der Waals surface area contributed by atoms with Crippen LogP contribution in [0.1, 0.15) is 18.6 Å². The van der Waals surface area contributed by atoms with Crippen molar-refractivity contribution in [3.05, 3.63) is 42.4 Å². The van der Waals surface area contributed by atoms with Gasteiger partial charge in [0.05, 0.1) is 12.8 Å². The second-order valence-electron chi connectivity index (χ2n) is 7.23. The Morgan fingerprint density at radius 1 is 1.12 bits per heavy atom. The maximum atomic E-state index is 12.7. The summed E-state index contributed by atoms with van der Waals surface area (Å²) in [7, 11) is 0. The molecule has 25 heavy (non-hydrogen) atoms. The molecule has 0 unspecified atom stereocenters. The molecule has 1 amide bonds. The molecule has 0 aliphatic carbocycles. The molecule has 0 bridgehead atoms. The first-order valence-electron chi connectivity index (χ1n) is 8.66. The Morgan fingerprint density at radius 2 is 2.04 bits per heavy atom. The van der Waals surface area contributed by atoms with Crippen LogP contribution in [0.3, 0.4) is 0 Å². The van der Waals surface area contributed by atoms with Gasteiger partial charge in [0.1, 0.15) is 5.76 Å². The lowest BCUT2D eigenvalue weighted by molar-refractivity contribution is -0.117. The summed E-state index contributed by atoms with van der Waals surface area (Å²) in [6, 6.07) is 9.66. The number of rotatable bonds is 3. The minimum absolute atomic E-state index is 0.0417. The number of nitrogens with zero attached hydrogens (tertiary/aromatic N) is 2. The van der Waals surface area contributed by atoms with Gasteiger partial charge in [0.15, 0.2) is 11.5 Å². The molecule has 1 atom stereocenters. The summed E-state index contributed by atoms with van der Waals surface area (Å²) in [5.41, 5.74) is 0.940. The zero-order chi connectivity index (χ0) is 16.9. The molecule has 0 N–H and O–H groups in total. The van der Waals surface area contributed by atoms with E-state index in [2.05, 4.69) is 4.90 Å². The van der Waals surface area contributed by atoms with Crippen LogP contribution in [-0.2, 0) is 11.3 Å². The molecule has 2 saturated heterocycles. The van der Waals surface area contributed by atoms with Crippen LogP contribution in [-0.4, -0.2) is 37.2 Å². The van der Waals surface area contributed by atoms with E-state index in [1.807, 2.05) is 35.2 Å². The number of anilines is 1. The molecular weight excluding hydrogens is 320 g/mol. The Bertz CT molecular complexity index is 804. The monoisotopic (exact) mass is 340 g/mol. The van der Waals surface area contributed by atoms with Crippen molar-refractivity contribution < 1.29 is 18.7 Å². The number of fused-ring (bicyclic) bond motifs is 1. The number of hydrogen-bond donors (Lipinski definition) is 0. The summed E-state index contributed by atoms with van der Waals surface area (Å²) in [4.78, 5) is 17.0. The third-order valence-electron chi connectivity index (χ3n) is 5.47. The van der Waals surface area contributed by atoms with E-state index in [-0.39, 0.29) is 18.1 Å². The van der Waals surface area contributed by atoms with Crippen LogP contribution in [0.25, 0.3) is 0 Å².